The number of fused-ring (bicyclic) bond motifs is 5. The number of hydrogen-bond acceptors (Lipinski definition) is 9. The van der Waals surface area contributed by atoms with Crippen molar-refractivity contribution in [2.45, 2.75) is 121 Å². The molecule has 6 aliphatic rings. The summed E-state index contributed by atoms with van der Waals surface area (Å²) in [4.78, 5) is 23.4. The van der Waals surface area contributed by atoms with E-state index in [9.17, 15) is 24.9 Å². The molecule has 3 N–H and O–H groups in total. The van der Waals surface area contributed by atoms with E-state index in [0.29, 0.717) is 24.7 Å². The van der Waals surface area contributed by atoms with Crippen LogP contribution in [0.15, 0.2) is 11.6 Å². The minimum absolute atomic E-state index is 0.0456. The van der Waals surface area contributed by atoms with Gasteiger partial charge in [-0.3, -0.25) is 4.79 Å². The third-order valence-corrected chi connectivity index (χ3v) is 12.1. The van der Waals surface area contributed by atoms with Crippen LogP contribution in [0.1, 0.15) is 78.6 Å². The molecule has 9 heteroatoms. The van der Waals surface area contributed by atoms with Crippen LogP contribution in [0.5, 0.6) is 0 Å². The lowest BCUT2D eigenvalue weighted by atomic mass is 9.43. The van der Waals surface area contributed by atoms with Crippen molar-refractivity contribution in [3.63, 3.8) is 0 Å². The highest BCUT2D eigenvalue weighted by Gasteiger charge is 2.70. The summed E-state index contributed by atoms with van der Waals surface area (Å²) in [6.07, 6.45) is 5.57. The van der Waals surface area contributed by atoms with E-state index in [1.54, 1.807) is 6.92 Å². The summed E-state index contributed by atoms with van der Waals surface area (Å²) < 4.78 is 23.0. The summed E-state index contributed by atoms with van der Waals surface area (Å²) in [6, 6.07) is 0. The topological polar surface area (TPSA) is 132 Å². The molecular weight excluding hydrogens is 504 g/mol. The molecule has 6 rings (SSSR count). The Morgan fingerprint density at radius 3 is 2.56 bits per heavy atom. The average Bonchev–Trinajstić information content (AvgIpc) is 3.40. The van der Waals surface area contributed by atoms with Gasteiger partial charge in [-0.2, -0.15) is 0 Å². The third-order valence-electron chi connectivity index (χ3n) is 12.1. The summed E-state index contributed by atoms with van der Waals surface area (Å²) in [5, 5.41) is 32.8. The Labute approximate surface area is 230 Å². The second-order valence-corrected chi connectivity index (χ2v) is 13.7. The van der Waals surface area contributed by atoms with Crippen LogP contribution in [0, 0.1) is 34.5 Å². The van der Waals surface area contributed by atoms with Crippen LogP contribution in [0.3, 0.4) is 0 Å². The molecule has 4 aliphatic carbocycles. The number of hydrogen-bond donors (Lipinski definition) is 3. The van der Waals surface area contributed by atoms with E-state index in [4.69, 9.17) is 18.9 Å². The van der Waals surface area contributed by atoms with Crippen molar-refractivity contribution in [1.82, 2.24) is 0 Å². The van der Waals surface area contributed by atoms with Gasteiger partial charge in [-0.25, -0.2) is 4.79 Å². The van der Waals surface area contributed by atoms with E-state index >= 15 is 0 Å². The molecule has 2 aliphatic heterocycles. The van der Waals surface area contributed by atoms with Crippen LogP contribution in [-0.4, -0.2) is 76.8 Å². The maximum Gasteiger partial charge on any atom is 0.331 e. The van der Waals surface area contributed by atoms with E-state index in [-0.39, 0.29) is 42.4 Å². The number of ether oxygens (including phenoxy) is 4. The van der Waals surface area contributed by atoms with Crippen molar-refractivity contribution in [3.05, 3.63) is 11.6 Å². The first kappa shape index (κ1) is 27.6. The lowest BCUT2D eigenvalue weighted by molar-refractivity contribution is -0.270. The van der Waals surface area contributed by atoms with Crippen molar-refractivity contribution in [2.24, 2.45) is 34.5 Å². The Morgan fingerprint density at radius 1 is 1.08 bits per heavy atom. The standard InChI is InChI=1S/C30H44O9/c1-16-27(34)22(32)12-25(38-16)39-19-6-8-28(2)18(11-19)4-5-21-20(28)7-9-29(3)26(17-10-24(33)36-14-17)23(37-15-31)13-30(21,29)35/h10,15-16,18-23,25-27,32,34-35H,4-9,11-14H2,1-3H3/t16-,18-,19+,20+,21-,22+,23+,25+,26+,27-,28+,29-,30+/m1/s1. The minimum Gasteiger partial charge on any atom is -0.464 e. The summed E-state index contributed by atoms with van der Waals surface area (Å²) in [5.41, 5.74) is -0.601. The smallest absolute Gasteiger partial charge is 0.331 e. The predicted octanol–water partition coefficient (Wildman–Crippen LogP) is 2.64. The van der Waals surface area contributed by atoms with Gasteiger partial charge in [0.15, 0.2) is 6.29 Å². The molecule has 0 aromatic heterocycles. The fourth-order valence-electron chi connectivity index (χ4n) is 10.1. The molecule has 0 spiro atoms. The number of aliphatic hydroxyl groups excluding tert-OH is 2. The first-order valence-electron chi connectivity index (χ1n) is 14.9. The zero-order chi connectivity index (χ0) is 27.7. The van der Waals surface area contributed by atoms with Gasteiger partial charge in [0.2, 0.25) is 0 Å². The zero-order valence-electron chi connectivity index (χ0n) is 23.3. The lowest BCUT2D eigenvalue weighted by Crippen LogP contribution is -2.62. The van der Waals surface area contributed by atoms with Crippen LogP contribution < -0.4 is 0 Å². The van der Waals surface area contributed by atoms with Gasteiger partial charge in [-0.15, -0.1) is 0 Å². The van der Waals surface area contributed by atoms with Gasteiger partial charge >= 0.3 is 5.97 Å². The van der Waals surface area contributed by atoms with E-state index in [2.05, 4.69) is 13.8 Å². The van der Waals surface area contributed by atoms with Gasteiger partial charge in [-0.1, -0.05) is 13.8 Å². The summed E-state index contributed by atoms with van der Waals surface area (Å²) in [6.45, 7) is 6.96. The number of carbonyl (C=O) groups is 2. The van der Waals surface area contributed by atoms with Gasteiger partial charge in [0.25, 0.3) is 6.47 Å². The Balaban J connectivity index is 1.19. The Kier molecular flexibility index (Phi) is 6.94. The largest absolute Gasteiger partial charge is 0.464 e. The highest BCUT2D eigenvalue weighted by molar-refractivity contribution is 5.85. The highest BCUT2D eigenvalue weighted by atomic mass is 16.7. The first-order chi connectivity index (χ1) is 18.5. The molecule has 2 heterocycles. The van der Waals surface area contributed by atoms with Crippen LogP contribution >= 0.6 is 0 Å². The number of rotatable bonds is 5. The van der Waals surface area contributed by atoms with Crippen molar-refractivity contribution >= 4 is 12.4 Å². The van der Waals surface area contributed by atoms with Gasteiger partial charge in [0.1, 0.15) is 18.8 Å². The molecule has 9 nitrogen and oxygen atoms in total. The predicted molar refractivity (Wildman–Crippen MR) is 138 cm³/mol. The minimum atomic E-state index is -0.995. The second-order valence-electron chi connectivity index (χ2n) is 13.7. The number of carbonyl (C=O) groups excluding carboxylic acids is 2. The van der Waals surface area contributed by atoms with Crippen molar-refractivity contribution in [3.8, 4) is 0 Å². The monoisotopic (exact) mass is 548 g/mol. The van der Waals surface area contributed by atoms with E-state index in [0.717, 1.165) is 50.5 Å². The Morgan fingerprint density at radius 2 is 1.87 bits per heavy atom. The summed E-state index contributed by atoms with van der Waals surface area (Å²) in [7, 11) is 0. The molecular formula is C30H44O9. The molecule has 13 atom stereocenters. The molecule has 0 amide bonds. The summed E-state index contributed by atoms with van der Waals surface area (Å²) >= 11 is 0. The number of aliphatic hydroxyl groups is 3. The number of esters is 1. The number of cyclic esters (lactones) is 1. The molecule has 4 saturated carbocycles. The van der Waals surface area contributed by atoms with Crippen LogP contribution in [0.4, 0.5) is 0 Å². The average molecular weight is 549 g/mol. The van der Waals surface area contributed by atoms with E-state index < -0.39 is 41.7 Å². The maximum absolute atomic E-state index is 12.6. The lowest BCUT2D eigenvalue weighted by Gasteiger charge is -2.63. The molecule has 39 heavy (non-hydrogen) atoms. The van der Waals surface area contributed by atoms with Gasteiger partial charge in [-0.05, 0) is 80.6 Å². The van der Waals surface area contributed by atoms with Crippen molar-refractivity contribution in [2.75, 3.05) is 6.61 Å². The Hall–Kier alpha value is -1.52. The normalized spacial score (nSPS) is 53.2. The molecule has 1 saturated heterocycles. The van der Waals surface area contributed by atoms with Gasteiger partial charge in [0.05, 0.1) is 23.9 Å². The fourth-order valence-corrected chi connectivity index (χ4v) is 10.1. The van der Waals surface area contributed by atoms with Crippen molar-refractivity contribution in [1.29, 1.82) is 0 Å². The second kappa shape index (κ2) is 9.79. The zero-order valence-corrected chi connectivity index (χ0v) is 23.3. The molecule has 0 bridgehead atoms. The molecule has 0 aromatic rings. The van der Waals surface area contributed by atoms with E-state index in [1.807, 2.05) is 0 Å². The molecule has 0 radical (unpaired) electrons. The van der Waals surface area contributed by atoms with Crippen LogP contribution in [0.25, 0.3) is 0 Å². The van der Waals surface area contributed by atoms with Crippen LogP contribution in [-0.2, 0) is 28.5 Å². The fraction of sp³-hybridized carbons (Fsp3) is 0.867. The summed E-state index contributed by atoms with van der Waals surface area (Å²) in [5.74, 6) is 0.305. The third kappa shape index (κ3) is 4.21. The molecule has 0 aromatic carbocycles. The van der Waals surface area contributed by atoms with Gasteiger partial charge in [0, 0.05) is 30.3 Å². The highest BCUT2D eigenvalue weighted by Crippen LogP contribution is 2.70. The van der Waals surface area contributed by atoms with Gasteiger partial charge < -0.3 is 34.3 Å². The Bertz CT molecular complexity index is 1000. The van der Waals surface area contributed by atoms with Crippen molar-refractivity contribution < 1.29 is 43.9 Å². The maximum atomic E-state index is 12.6. The van der Waals surface area contributed by atoms with E-state index in [1.165, 1.54) is 6.08 Å². The molecule has 218 valence electrons. The quantitative estimate of drug-likeness (QED) is 0.269. The van der Waals surface area contributed by atoms with Crippen LogP contribution in [0.2, 0.25) is 0 Å². The SMILES string of the molecule is C[C@H]1O[C@@H](O[C@H]2CC[C@@]3(C)[C@H](CC[C@@H]4[C@@H]3CC[C@]3(C)[C@@H](C5=CC(=O)OC5)[C@@H](OC=O)C[C@]43O)C2)C[C@H](O)[C@@H]1O. The molecule has 0 unspecified atom stereocenters. The molecule has 5 fully saturated rings. The first-order valence-corrected chi connectivity index (χ1v) is 14.9.